The van der Waals surface area contributed by atoms with Crippen LogP contribution >= 0.6 is 11.6 Å². The maximum absolute atomic E-state index is 13.1. The largest absolute Gasteiger partial charge is 0.307 e. The fraction of sp³-hybridized carbons (Fsp3) is 0.538. The Kier molecular flexibility index (Phi) is 4.76. The van der Waals surface area contributed by atoms with Crippen LogP contribution in [0.3, 0.4) is 0 Å². The van der Waals surface area contributed by atoms with E-state index in [0.29, 0.717) is 6.04 Å². The summed E-state index contributed by atoms with van der Waals surface area (Å²) in [6.07, 6.45) is 1.87. The van der Waals surface area contributed by atoms with E-state index in [1.54, 1.807) is 12.1 Å². The molecular weight excluding hydrogens is 273 g/mol. The molecule has 1 atom stereocenters. The fourth-order valence-corrected chi connectivity index (χ4v) is 3.68. The minimum absolute atomic E-state index is 0.125. The maximum Gasteiger partial charge on any atom is 0.141 e. The monoisotopic (exact) mass is 289 g/mol. The second-order valence-corrected chi connectivity index (χ2v) is 6.79. The third-order valence-corrected chi connectivity index (χ3v) is 4.99. The van der Waals surface area contributed by atoms with Gasteiger partial charge in [-0.2, -0.15) is 0 Å². The summed E-state index contributed by atoms with van der Waals surface area (Å²) in [6.45, 7) is 2.04. The third-order valence-electron chi connectivity index (χ3n) is 3.32. The van der Waals surface area contributed by atoms with Gasteiger partial charge in [-0.15, -0.1) is 0 Å². The van der Waals surface area contributed by atoms with E-state index in [0.717, 1.165) is 29.9 Å². The van der Waals surface area contributed by atoms with Gasteiger partial charge in [0.2, 0.25) is 0 Å². The molecular formula is C13H17ClFNOS. The van der Waals surface area contributed by atoms with Crippen LogP contribution in [0.4, 0.5) is 4.39 Å². The zero-order chi connectivity index (χ0) is 13.1. The Morgan fingerprint density at radius 1 is 1.44 bits per heavy atom. The van der Waals surface area contributed by atoms with Crippen LogP contribution in [0.25, 0.3) is 0 Å². The molecule has 1 heterocycles. The van der Waals surface area contributed by atoms with Crippen LogP contribution in [0, 0.1) is 5.82 Å². The highest BCUT2D eigenvalue weighted by Crippen LogP contribution is 2.22. The minimum atomic E-state index is -0.638. The molecule has 0 bridgehead atoms. The molecule has 2 nitrogen and oxygen atoms in total. The molecule has 1 saturated heterocycles. The Labute approximate surface area is 114 Å². The molecule has 1 unspecified atom stereocenters. The number of nitrogens with one attached hydrogen (secondary N) is 1. The van der Waals surface area contributed by atoms with Gasteiger partial charge >= 0.3 is 0 Å². The van der Waals surface area contributed by atoms with Gasteiger partial charge in [0.15, 0.2) is 0 Å². The van der Waals surface area contributed by atoms with Crippen molar-refractivity contribution in [2.24, 2.45) is 0 Å². The predicted octanol–water partition coefficient (Wildman–Crippen LogP) is 3.04. The molecule has 1 aliphatic heterocycles. The average molecular weight is 290 g/mol. The van der Waals surface area contributed by atoms with E-state index in [9.17, 15) is 8.60 Å². The maximum atomic E-state index is 13.1. The first-order valence-electron chi connectivity index (χ1n) is 6.12. The highest BCUT2D eigenvalue weighted by Gasteiger charge is 2.20. The highest BCUT2D eigenvalue weighted by molar-refractivity contribution is 7.85. The molecule has 0 amide bonds. The summed E-state index contributed by atoms with van der Waals surface area (Å²) >= 11 is 5.78. The van der Waals surface area contributed by atoms with Crippen molar-refractivity contribution in [3.05, 3.63) is 34.6 Å². The van der Waals surface area contributed by atoms with Gasteiger partial charge in [0, 0.05) is 34.4 Å². The van der Waals surface area contributed by atoms with E-state index in [1.165, 1.54) is 6.07 Å². The lowest BCUT2D eigenvalue weighted by Crippen LogP contribution is -2.37. The summed E-state index contributed by atoms with van der Waals surface area (Å²) in [5.41, 5.74) is 0.980. The molecule has 1 aliphatic rings. The normalized spacial score (nSPS) is 25.9. The molecule has 5 heteroatoms. The van der Waals surface area contributed by atoms with Crippen molar-refractivity contribution in [3.63, 3.8) is 0 Å². The van der Waals surface area contributed by atoms with E-state index in [-0.39, 0.29) is 16.9 Å². The van der Waals surface area contributed by atoms with Crippen molar-refractivity contribution in [2.75, 3.05) is 11.5 Å². The molecule has 0 saturated carbocycles. The van der Waals surface area contributed by atoms with Gasteiger partial charge in [0.25, 0.3) is 0 Å². The SMILES string of the molecule is CC(NC1CCS(=O)CC1)c1ccc(F)c(Cl)c1. The second-order valence-electron chi connectivity index (χ2n) is 4.68. The van der Waals surface area contributed by atoms with Gasteiger partial charge < -0.3 is 5.32 Å². The quantitative estimate of drug-likeness (QED) is 0.927. The van der Waals surface area contributed by atoms with Crippen molar-refractivity contribution < 1.29 is 8.60 Å². The predicted molar refractivity (Wildman–Crippen MR) is 73.9 cm³/mol. The zero-order valence-corrected chi connectivity index (χ0v) is 11.9. The number of rotatable bonds is 3. The molecule has 1 N–H and O–H groups in total. The topological polar surface area (TPSA) is 29.1 Å². The van der Waals surface area contributed by atoms with Crippen LogP contribution in [0.5, 0.6) is 0 Å². The van der Waals surface area contributed by atoms with Gasteiger partial charge in [0.05, 0.1) is 5.02 Å². The third kappa shape index (κ3) is 3.53. The molecule has 0 aliphatic carbocycles. The molecule has 0 aromatic heterocycles. The smallest absolute Gasteiger partial charge is 0.141 e. The molecule has 0 radical (unpaired) electrons. The van der Waals surface area contributed by atoms with Crippen LogP contribution in [-0.4, -0.2) is 21.8 Å². The molecule has 1 aromatic carbocycles. The molecule has 1 aromatic rings. The van der Waals surface area contributed by atoms with Gasteiger partial charge in [-0.3, -0.25) is 4.21 Å². The summed E-state index contributed by atoms with van der Waals surface area (Å²) in [4.78, 5) is 0. The second kappa shape index (κ2) is 6.13. The van der Waals surface area contributed by atoms with Crippen LogP contribution in [0.2, 0.25) is 5.02 Å². The van der Waals surface area contributed by atoms with Crippen molar-refractivity contribution >= 4 is 22.4 Å². The first-order valence-corrected chi connectivity index (χ1v) is 7.99. The molecule has 2 rings (SSSR count). The Bertz CT molecular complexity index is 445. The Morgan fingerprint density at radius 2 is 2.11 bits per heavy atom. The summed E-state index contributed by atoms with van der Waals surface area (Å²) in [5, 5.41) is 3.65. The van der Waals surface area contributed by atoms with Crippen LogP contribution in [0.15, 0.2) is 18.2 Å². The first-order chi connectivity index (χ1) is 8.56. The summed E-state index contributed by atoms with van der Waals surface area (Å²) in [6, 6.07) is 5.32. The number of benzene rings is 1. The standard InChI is InChI=1S/C13H17ClFNOS/c1-9(10-2-3-13(15)12(14)8-10)16-11-4-6-18(17)7-5-11/h2-3,8-9,11,16H,4-7H2,1H3. The van der Waals surface area contributed by atoms with Crippen molar-refractivity contribution in [1.82, 2.24) is 5.32 Å². The zero-order valence-electron chi connectivity index (χ0n) is 10.3. The summed E-state index contributed by atoms with van der Waals surface area (Å²) < 4.78 is 24.3. The van der Waals surface area contributed by atoms with E-state index >= 15 is 0 Å². The minimum Gasteiger partial charge on any atom is -0.307 e. The van der Waals surface area contributed by atoms with E-state index in [4.69, 9.17) is 11.6 Å². The number of halogens is 2. The molecule has 1 fully saturated rings. The van der Waals surface area contributed by atoms with E-state index in [1.807, 2.05) is 6.92 Å². The van der Waals surface area contributed by atoms with Gasteiger partial charge in [0.1, 0.15) is 5.82 Å². The van der Waals surface area contributed by atoms with Crippen molar-refractivity contribution in [1.29, 1.82) is 0 Å². The Balaban J connectivity index is 1.96. The highest BCUT2D eigenvalue weighted by atomic mass is 35.5. The number of hydrogen-bond acceptors (Lipinski definition) is 2. The lowest BCUT2D eigenvalue weighted by molar-refractivity contribution is 0.426. The average Bonchev–Trinajstić information content (AvgIpc) is 2.35. The van der Waals surface area contributed by atoms with Gasteiger partial charge in [-0.25, -0.2) is 4.39 Å². The molecule has 100 valence electrons. The van der Waals surface area contributed by atoms with Crippen LogP contribution in [-0.2, 0) is 10.8 Å². The van der Waals surface area contributed by atoms with Gasteiger partial charge in [-0.05, 0) is 37.5 Å². The Morgan fingerprint density at radius 3 is 2.72 bits per heavy atom. The van der Waals surface area contributed by atoms with E-state index < -0.39 is 10.8 Å². The molecule has 0 spiro atoms. The van der Waals surface area contributed by atoms with Crippen LogP contribution in [0.1, 0.15) is 31.4 Å². The van der Waals surface area contributed by atoms with Gasteiger partial charge in [-0.1, -0.05) is 17.7 Å². The number of hydrogen-bond donors (Lipinski definition) is 1. The summed E-state index contributed by atoms with van der Waals surface area (Å²) in [7, 11) is -0.638. The van der Waals surface area contributed by atoms with Crippen LogP contribution < -0.4 is 5.32 Å². The lowest BCUT2D eigenvalue weighted by atomic mass is 10.1. The first kappa shape index (κ1) is 14.0. The van der Waals surface area contributed by atoms with Crippen molar-refractivity contribution in [3.8, 4) is 0 Å². The van der Waals surface area contributed by atoms with E-state index in [2.05, 4.69) is 5.32 Å². The summed E-state index contributed by atoms with van der Waals surface area (Å²) in [5.74, 6) is 1.16. The Hall–Kier alpha value is -0.450. The fourth-order valence-electron chi connectivity index (χ4n) is 2.19. The lowest BCUT2D eigenvalue weighted by Gasteiger charge is -2.26. The molecule has 18 heavy (non-hydrogen) atoms. The van der Waals surface area contributed by atoms with Crippen molar-refractivity contribution in [2.45, 2.75) is 31.8 Å².